The predicted octanol–water partition coefficient (Wildman–Crippen LogP) is -0.400. The Morgan fingerprint density at radius 1 is 1.41 bits per heavy atom. The summed E-state index contributed by atoms with van der Waals surface area (Å²) in [6.45, 7) is 9.45. The molecule has 1 saturated heterocycles. The number of nitrogens with two attached hydrogens (primary N) is 1. The minimum absolute atomic E-state index is 0.190. The molecular formula is C12H27N3O2. The van der Waals surface area contributed by atoms with Crippen molar-refractivity contribution in [2.45, 2.75) is 32.5 Å². The molecule has 0 spiro atoms. The Labute approximate surface area is 104 Å². The third kappa shape index (κ3) is 5.31. The van der Waals surface area contributed by atoms with Crippen LogP contribution in [0.1, 0.15) is 20.3 Å². The second-order valence-corrected chi connectivity index (χ2v) is 4.82. The van der Waals surface area contributed by atoms with Gasteiger partial charge in [0, 0.05) is 32.2 Å². The maximum absolute atomic E-state index is 9.87. The molecule has 0 amide bonds. The number of aliphatic hydroxyl groups is 1. The van der Waals surface area contributed by atoms with E-state index in [0.29, 0.717) is 5.92 Å². The van der Waals surface area contributed by atoms with Gasteiger partial charge in [0.25, 0.3) is 0 Å². The molecule has 0 aromatic carbocycles. The van der Waals surface area contributed by atoms with Gasteiger partial charge >= 0.3 is 0 Å². The highest BCUT2D eigenvalue weighted by atomic mass is 16.5. The number of hydrogen-bond acceptors (Lipinski definition) is 5. The summed E-state index contributed by atoms with van der Waals surface area (Å²) in [5.41, 5.74) is 5.94. The van der Waals surface area contributed by atoms with E-state index in [4.69, 9.17) is 10.5 Å². The zero-order chi connectivity index (χ0) is 12.7. The first kappa shape index (κ1) is 14.9. The standard InChI is InChI=1S/C12H27N3O2/c1-3-10(2)11(13)12(16)14-4-5-15-6-8-17-9-7-15/h10-12,14,16H,3-9,13H2,1-2H3/t10-,11+,12?/m0/s1. The van der Waals surface area contributed by atoms with Gasteiger partial charge < -0.3 is 15.6 Å². The minimum Gasteiger partial charge on any atom is -0.379 e. The van der Waals surface area contributed by atoms with E-state index in [1.165, 1.54) is 0 Å². The van der Waals surface area contributed by atoms with Crippen LogP contribution in [0.2, 0.25) is 0 Å². The van der Waals surface area contributed by atoms with Crippen molar-refractivity contribution in [2.75, 3.05) is 39.4 Å². The first-order valence-corrected chi connectivity index (χ1v) is 6.62. The van der Waals surface area contributed by atoms with E-state index in [1.807, 2.05) is 0 Å². The van der Waals surface area contributed by atoms with Crippen molar-refractivity contribution in [3.05, 3.63) is 0 Å². The zero-order valence-electron chi connectivity index (χ0n) is 11.1. The summed E-state index contributed by atoms with van der Waals surface area (Å²) in [6.07, 6.45) is 0.384. The maximum Gasteiger partial charge on any atom is 0.120 e. The lowest BCUT2D eigenvalue weighted by molar-refractivity contribution is 0.0332. The summed E-state index contributed by atoms with van der Waals surface area (Å²) >= 11 is 0. The third-order valence-corrected chi connectivity index (χ3v) is 3.55. The highest BCUT2D eigenvalue weighted by Crippen LogP contribution is 2.07. The number of morpholine rings is 1. The van der Waals surface area contributed by atoms with Crippen molar-refractivity contribution in [3.8, 4) is 0 Å². The summed E-state index contributed by atoms with van der Waals surface area (Å²) in [5.74, 6) is 0.334. The van der Waals surface area contributed by atoms with Gasteiger partial charge in [-0.15, -0.1) is 0 Å². The van der Waals surface area contributed by atoms with Crippen LogP contribution >= 0.6 is 0 Å². The number of nitrogens with zero attached hydrogens (tertiary/aromatic N) is 1. The van der Waals surface area contributed by atoms with Crippen molar-refractivity contribution in [2.24, 2.45) is 11.7 Å². The van der Waals surface area contributed by atoms with Crippen molar-refractivity contribution in [1.82, 2.24) is 10.2 Å². The van der Waals surface area contributed by atoms with Gasteiger partial charge in [0.2, 0.25) is 0 Å². The molecule has 5 heteroatoms. The van der Waals surface area contributed by atoms with Crippen LogP contribution < -0.4 is 11.1 Å². The fraction of sp³-hybridized carbons (Fsp3) is 1.00. The quantitative estimate of drug-likeness (QED) is 0.532. The first-order valence-electron chi connectivity index (χ1n) is 6.62. The predicted molar refractivity (Wildman–Crippen MR) is 68.7 cm³/mol. The van der Waals surface area contributed by atoms with E-state index < -0.39 is 6.23 Å². The van der Waals surface area contributed by atoms with E-state index in [2.05, 4.69) is 24.1 Å². The van der Waals surface area contributed by atoms with Gasteiger partial charge in [-0.2, -0.15) is 0 Å². The molecule has 1 unspecified atom stereocenters. The molecule has 102 valence electrons. The highest BCUT2D eigenvalue weighted by molar-refractivity contribution is 4.75. The molecular weight excluding hydrogens is 218 g/mol. The van der Waals surface area contributed by atoms with E-state index in [-0.39, 0.29) is 6.04 Å². The van der Waals surface area contributed by atoms with Crippen molar-refractivity contribution in [1.29, 1.82) is 0 Å². The fourth-order valence-corrected chi connectivity index (χ4v) is 1.91. The smallest absolute Gasteiger partial charge is 0.120 e. The third-order valence-electron chi connectivity index (χ3n) is 3.55. The molecule has 0 aromatic heterocycles. The molecule has 4 N–H and O–H groups in total. The van der Waals surface area contributed by atoms with Crippen LogP contribution in [0.5, 0.6) is 0 Å². The largest absolute Gasteiger partial charge is 0.379 e. The Morgan fingerprint density at radius 3 is 2.65 bits per heavy atom. The molecule has 1 aliphatic heterocycles. The molecule has 1 heterocycles. The zero-order valence-corrected chi connectivity index (χ0v) is 11.1. The van der Waals surface area contributed by atoms with E-state index in [0.717, 1.165) is 45.8 Å². The molecule has 1 aliphatic rings. The summed E-state index contributed by atoms with van der Waals surface area (Å²) in [6, 6.07) is -0.190. The maximum atomic E-state index is 9.87. The summed E-state index contributed by atoms with van der Waals surface area (Å²) in [5, 5.41) is 13.0. The molecule has 3 atom stereocenters. The van der Waals surface area contributed by atoms with Crippen molar-refractivity contribution < 1.29 is 9.84 Å². The second kappa shape index (κ2) is 8.00. The lowest BCUT2D eigenvalue weighted by atomic mass is 9.99. The molecule has 0 saturated carbocycles. The Hall–Kier alpha value is -0.200. The van der Waals surface area contributed by atoms with Gasteiger partial charge in [0.15, 0.2) is 0 Å². The Kier molecular flexibility index (Phi) is 6.99. The second-order valence-electron chi connectivity index (χ2n) is 4.82. The van der Waals surface area contributed by atoms with Crippen LogP contribution in [0.15, 0.2) is 0 Å². The van der Waals surface area contributed by atoms with Crippen LogP contribution in [0.4, 0.5) is 0 Å². The molecule has 0 aliphatic carbocycles. The molecule has 1 fully saturated rings. The highest BCUT2D eigenvalue weighted by Gasteiger charge is 2.19. The van der Waals surface area contributed by atoms with Crippen molar-refractivity contribution in [3.63, 3.8) is 0 Å². The summed E-state index contributed by atoms with van der Waals surface area (Å²) < 4.78 is 5.28. The number of hydrogen-bond donors (Lipinski definition) is 3. The molecule has 0 bridgehead atoms. The first-order chi connectivity index (χ1) is 8.15. The Morgan fingerprint density at radius 2 is 2.06 bits per heavy atom. The van der Waals surface area contributed by atoms with Crippen LogP contribution in [0, 0.1) is 5.92 Å². The lowest BCUT2D eigenvalue weighted by Crippen LogP contribution is -2.50. The Bertz CT molecular complexity index is 198. The van der Waals surface area contributed by atoms with E-state index >= 15 is 0 Å². The normalized spacial score (nSPS) is 23.3. The van der Waals surface area contributed by atoms with Gasteiger partial charge in [-0.1, -0.05) is 20.3 Å². The van der Waals surface area contributed by atoms with Gasteiger partial charge in [0.05, 0.1) is 13.2 Å². The fourth-order valence-electron chi connectivity index (χ4n) is 1.91. The van der Waals surface area contributed by atoms with Crippen LogP contribution in [0.25, 0.3) is 0 Å². The van der Waals surface area contributed by atoms with Gasteiger partial charge in [-0.05, 0) is 5.92 Å². The minimum atomic E-state index is -0.606. The van der Waals surface area contributed by atoms with Crippen molar-refractivity contribution >= 4 is 0 Å². The average Bonchev–Trinajstić information content (AvgIpc) is 2.38. The molecule has 17 heavy (non-hydrogen) atoms. The number of nitrogens with one attached hydrogen (secondary N) is 1. The van der Waals surface area contributed by atoms with E-state index in [1.54, 1.807) is 0 Å². The number of ether oxygens (including phenoxy) is 1. The molecule has 0 aromatic rings. The Balaban J connectivity index is 2.12. The van der Waals surface area contributed by atoms with Crippen LogP contribution in [-0.4, -0.2) is 61.7 Å². The summed E-state index contributed by atoms with van der Waals surface area (Å²) in [7, 11) is 0. The molecule has 5 nitrogen and oxygen atoms in total. The van der Waals surface area contributed by atoms with Gasteiger partial charge in [-0.25, -0.2) is 0 Å². The lowest BCUT2D eigenvalue weighted by Gasteiger charge is -2.29. The van der Waals surface area contributed by atoms with E-state index in [9.17, 15) is 5.11 Å². The SMILES string of the molecule is CC[C@H](C)[C@@H](N)C(O)NCCN1CCOCC1. The van der Waals surface area contributed by atoms with Crippen LogP contribution in [0.3, 0.4) is 0 Å². The topological polar surface area (TPSA) is 70.8 Å². The molecule has 0 radical (unpaired) electrons. The number of rotatable bonds is 7. The van der Waals surface area contributed by atoms with Crippen LogP contribution in [-0.2, 0) is 4.74 Å². The summed E-state index contributed by atoms with van der Waals surface area (Å²) in [4.78, 5) is 2.33. The monoisotopic (exact) mass is 245 g/mol. The molecule has 1 rings (SSSR count). The van der Waals surface area contributed by atoms with Gasteiger partial charge in [-0.3, -0.25) is 10.2 Å². The average molecular weight is 245 g/mol. The number of aliphatic hydroxyl groups excluding tert-OH is 1. The van der Waals surface area contributed by atoms with Gasteiger partial charge in [0.1, 0.15) is 6.23 Å².